The van der Waals surface area contributed by atoms with E-state index in [1.165, 1.54) is 0 Å². The fourth-order valence-electron chi connectivity index (χ4n) is 1.52. The van der Waals surface area contributed by atoms with Gasteiger partial charge in [0.05, 0.1) is 24.3 Å². The van der Waals surface area contributed by atoms with Gasteiger partial charge in [0.15, 0.2) is 0 Å². The van der Waals surface area contributed by atoms with Crippen LogP contribution in [0.3, 0.4) is 0 Å². The predicted molar refractivity (Wildman–Crippen MR) is 56.8 cm³/mol. The van der Waals surface area contributed by atoms with E-state index in [0.29, 0.717) is 0 Å². The molecule has 2 aromatic heterocycles. The third-order valence-electron chi connectivity index (χ3n) is 2.25. The zero-order chi connectivity index (χ0) is 10.7. The molecule has 0 aliphatic rings. The number of nitrogens with zero attached hydrogens (tertiary/aromatic N) is 1. The van der Waals surface area contributed by atoms with Crippen LogP contribution in [-0.2, 0) is 0 Å². The van der Waals surface area contributed by atoms with E-state index >= 15 is 0 Å². The smallest absolute Gasteiger partial charge is 0.0954 e. The van der Waals surface area contributed by atoms with Gasteiger partial charge in [-0.2, -0.15) is 0 Å². The summed E-state index contributed by atoms with van der Waals surface area (Å²) in [6, 6.07) is 7.59. The number of hydrogen-bond acceptors (Lipinski definition) is 4. The fraction of sp³-hybridized carbons (Fsp3) is 0.182. The molecule has 3 N–H and O–H groups in total. The van der Waals surface area contributed by atoms with Gasteiger partial charge in [-0.05, 0) is 25.1 Å². The van der Waals surface area contributed by atoms with Crippen molar-refractivity contribution in [1.82, 2.24) is 10.4 Å². The number of aryl methyl sites for hydroxylation is 1. The second kappa shape index (κ2) is 4.25. The number of nitrogens with one attached hydrogen (secondary N) is 1. The molecule has 0 aromatic carbocycles. The molecule has 15 heavy (non-hydrogen) atoms. The molecule has 0 aliphatic carbocycles. The molecule has 4 heteroatoms. The van der Waals surface area contributed by atoms with Gasteiger partial charge in [0, 0.05) is 11.3 Å². The summed E-state index contributed by atoms with van der Waals surface area (Å²) in [4.78, 5) is 4.42. The van der Waals surface area contributed by atoms with Crippen molar-refractivity contribution in [3.8, 4) is 0 Å². The molecule has 4 nitrogen and oxygen atoms in total. The highest BCUT2D eigenvalue weighted by Crippen LogP contribution is 2.19. The number of hydrogen-bond donors (Lipinski definition) is 2. The van der Waals surface area contributed by atoms with Crippen LogP contribution in [0.4, 0.5) is 0 Å². The van der Waals surface area contributed by atoms with Gasteiger partial charge >= 0.3 is 0 Å². The van der Waals surface area contributed by atoms with Crippen LogP contribution in [0.5, 0.6) is 0 Å². The van der Waals surface area contributed by atoms with Crippen molar-refractivity contribution in [1.29, 1.82) is 0 Å². The van der Waals surface area contributed by atoms with Gasteiger partial charge in [-0.1, -0.05) is 6.07 Å². The number of hydrazine groups is 1. The van der Waals surface area contributed by atoms with Crippen LogP contribution in [0.2, 0.25) is 0 Å². The largest absolute Gasteiger partial charge is 0.472 e. The SMILES string of the molecule is Cc1cccc(C(NN)c2ccoc2)n1. The lowest BCUT2D eigenvalue weighted by Crippen LogP contribution is -2.29. The molecule has 1 unspecified atom stereocenters. The van der Waals surface area contributed by atoms with Crippen LogP contribution in [0.15, 0.2) is 41.2 Å². The van der Waals surface area contributed by atoms with Crippen LogP contribution in [0, 0.1) is 6.92 Å². The van der Waals surface area contributed by atoms with Crippen LogP contribution in [-0.4, -0.2) is 4.98 Å². The minimum absolute atomic E-state index is 0.122. The number of rotatable bonds is 3. The first-order valence-electron chi connectivity index (χ1n) is 4.73. The van der Waals surface area contributed by atoms with Crippen LogP contribution in [0.25, 0.3) is 0 Å². The van der Waals surface area contributed by atoms with E-state index < -0.39 is 0 Å². The summed E-state index contributed by atoms with van der Waals surface area (Å²) in [5.41, 5.74) is 5.55. The maximum atomic E-state index is 5.51. The van der Waals surface area contributed by atoms with Gasteiger partial charge < -0.3 is 4.42 Å². The van der Waals surface area contributed by atoms with Gasteiger partial charge in [0.1, 0.15) is 0 Å². The Hall–Kier alpha value is -1.65. The second-order valence-electron chi connectivity index (χ2n) is 3.36. The van der Waals surface area contributed by atoms with E-state index in [-0.39, 0.29) is 6.04 Å². The topological polar surface area (TPSA) is 64.1 Å². The Morgan fingerprint density at radius 1 is 1.40 bits per heavy atom. The van der Waals surface area contributed by atoms with Crippen molar-refractivity contribution in [3.05, 3.63) is 53.7 Å². The average molecular weight is 203 g/mol. The Balaban J connectivity index is 2.35. The molecule has 0 amide bonds. The third-order valence-corrected chi connectivity index (χ3v) is 2.25. The van der Waals surface area contributed by atoms with Crippen molar-refractivity contribution >= 4 is 0 Å². The number of furan rings is 1. The molecule has 0 radical (unpaired) electrons. The van der Waals surface area contributed by atoms with Gasteiger partial charge in [0.25, 0.3) is 0 Å². The first-order chi connectivity index (χ1) is 7.31. The molecular weight excluding hydrogens is 190 g/mol. The van der Waals surface area contributed by atoms with E-state index in [1.54, 1.807) is 12.5 Å². The number of nitrogens with two attached hydrogens (primary N) is 1. The van der Waals surface area contributed by atoms with Gasteiger partial charge in [-0.25, -0.2) is 5.43 Å². The first-order valence-corrected chi connectivity index (χ1v) is 4.73. The number of pyridine rings is 1. The third kappa shape index (κ3) is 2.06. The molecule has 2 rings (SSSR count). The minimum Gasteiger partial charge on any atom is -0.472 e. The van der Waals surface area contributed by atoms with Gasteiger partial charge in [-0.3, -0.25) is 10.8 Å². The van der Waals surface area contributed by atoms with E-state index in [1.807, 2.05) is 31.2 Å². The second-order valence-corrected chi connectivity index (χ2v) is 3.36. The lowest BCUT2D eigenvalue weighted by Gasteiger charge is -2.13. The van der Waals surface area contributed by atoms with Crippen LogP contribution >= 0.6 is 0 Å². The maximum Gasteiger partial charge on any atom is 0.0954 e. The molecule has 0 saturated carbocycles. The highest BCUT2D eigenvalue weighted by atomic mass is 16.3. The Bertz CT molecular complexity index is 425. The first kappa shape index (κ1) is 9.89. The summed E-state index contributed by atoms with van der Waals surface area (Å²) in [6.45, 7) is 1.95. The molecule has 0 bridgehead atoms. The minimum atomic E-state index is -0.122. The van der Waals surface area contributed by atoms with E-state index in [4.69, 9.17) is 10.3 Å². The van der Waals surface area contributed by atoms with Crippen LogP contribution in [0.1, 0.15) is 23.0 Å². The lowest BCUT2D eigenvalue weighted by molar-refractivity contribution is 0.550. The number of aromatic nitrogens is 1. The predicted octanol–water partition coefficient (Wildman–Crippen LogP) is 1.54. The summed E-state index contributed by atoms with van der Waals surface area (Å²) < 4.78 is 5.03. The highest BCUT2D eigenvalue weighted by molar-refractivity contribution is 5.25. The van der Waals surface area contributed by atoms with E-state index in [0.717, 1.165) is 17.0 Å². The molecule has 78 valence electrons. The lowest BCUT2D eigenvalue weighted by atomic mass is 10.1. The van der Waals surface area contributed by atoms with Crippen molar-refractivity contribution < 1.29 is 4.42 Å². The van der Waals surface area contributed by atoms with Crippen molar-refractivity contribution in [2.45, 2.75) is 13.0 Å². The molecule has 0 saturated heterocycles. The Kier molecular flexibility index (Phi) is 2.80. The molecule has 0 fully saturated rings. The zero-order valence-corrected chi connectivity index (χ0v) is 8.47. The van der Waals surface area contributed by atoms with Crippen molar-refractivity contribution in [2.24, 2.45) is 5.84 Å². The quantitative estimate of drug-likeness (QED) is 0.586. The Morgan fingerprint density at radius 3 is 2.87 bits per heavy atom. The monoisotopic (exact) mass is 203 g/mol. The fourth-order valence-corrected chi connectivity index (χ4v) is 1.52. The Morgan fingerprint density at radius 2 is 2.27 bits per heavy atom. The average Bonchev–Trinajstić information content (AvgIpc) is 2.72. The molecular formula is C11H13N3O. The summed E-state index contributed by atoms with van der Waals surface area (Å²) in [7, 11) is 0. The highest BCUT2D eigenvalue weighted by Gasteiger charge is 2.14. The molecule has 1 atom stereocenters. The van der Waals surface area contributed by atoms with E-state index in [9.17, 15) is 0 Å². The van der Waals surface area contributed by atoms with Gasteiger partial charge in [0.2, 0.25) is 0 Å². The summed E-state index contributed by atoms with van der Waals surface area (Å²) in [6.07, 6.45) is 3.28. The van der Waals surface area contributed by atoms with Crippen molar-refractivity contribution in [3.63, 3.8) is 0 Å². The molecule has 0 spiro atoms. The standard InChI is InChI=1S/C11H13N3O/c1-8-3-2-4-10(13-8)11(14-12)9-5-6-15-7-9/h2-7,11,14H,12H2,1H3. The Labute approximate surface area is 88.1 Å². The normalized spacial score (nSPS) is 12.7. The van der Waals surface area contributed by atoms with Crippen LogP contribution < -0.4 is 11.3 Å². The summed E-state index contributed by atoms with van der Waals surface area (Å²) >= 11 is 0. The van der Waals surface area contributed by atoms with Crippen molar-refractivity contribution in [2.75, 3.05) is 0 Å². The maximum absolute atomic E-state index is 5.51. The summed E-state index contributed by atoms with van der Waals surface area (Å²) in [5.74, 6) is 5.51. The van der Waals surface area contributed by atoms with Gasteiger partial charge in [-0.15, -0.1) is 0 Å². The zero-order valence-electron chi connectivity index (χ0n) is 8.47. The van der Waals surface area contributed by atoms with E-state index in [2.05, 4.69) is 10.4 Å². The molecule has 2 aromatic rings. The molecule has 0 aliphatic heterocycles. The molecule has 2 heterocycles. The summed E-state index contributed by atoms with van der Waals surface area (Å²) in [5, 5.41) is 0.